The predicted octanol–water partition coefficient (Wildman–Crippen LogP) is 1.17. The SMILES string of the molecule is COc1ccc(C(=O)c2ccsn2)nn1. The van der Waals surface area contributed by atoms with E-state index < -0.39 is 0 Å². The fourth-order valence-corrected chi connectivity index (χ4v) is 1.52. The van der Waals surface area contributed by atoms with Gasteiger partial charge in [0.05, 0.1) is 7.11 Å². The lowest BCUT2D eigenvalue weighted by atomic mass is 10.2. The van der Waals surface area contributed by atoms with Crippen molar-refractivity contribution in [3.63, 3.8) is 0 Å². The van der Waals surface area contributed by atoms with E-state index in [4.69, 9.17) is 4.74 Å². The van der Waals surface area contributed by atoms with Crippen molar-refractivity contribution in [2.24, 2.45) is 0 Å². The monoisotopic (exact) mass is 221 g/mol. The topological polar surface area (TPSA) is 65.0 Å². The van der Waals surface area contributed by atoms with Crippen LogP contribution in [0.3, 0.4) is 0 Å². The van der Waals surface area contributed by atoms with Crippen LogP contribution in [0.1, 0.15) is 16.2 Å². The molecule has 76 valence electrons. The molecule has 5 nitrogen and oxygen atoms in total. The maximum Gasteiger partial charge on any atom is 0.233 e. The number of rotatable bonds is 3. The maximum absolute atomic E-state index is 11.7. The fourth-order valence-electron chi connectivity index (χ4n) is 1.01. The van der Waals surface area contributed by atoms with Gasteiger partial charge in [-0.05, 0) is 23.7 Å². The molecule has 2 aromatic heterocycles. The Morgan fingerprint density at radius 2 is 2.13 bits per heavy atom. The summed E-state index contributed by atoms with van der Waals surface area (Å²) in [5, 5.41) is 9.20. The molecule has 0 radical (unpaired) electrons. The van der Waals surface area contributed by atoms with E-state index in [1.54, 1.807) is 23.6 Å². The molecule has 0 aliphatic carbocycles. The van der Waals surface area contributed by atoms with Gasteiger partial charge in [-0.15, -0.1) is 10.2 Å². The highest BCUT2D eigenvalue weighted by atomic mass is 32.1. The summed E-state index contributed by atoms with van der Waals surface area (Å²) >= 11 is 1.23. The summed E-state index contributed by atoms with van der Waals surface area (Å²) in [4.78, 5) is 11.7. The van der Waals surface area contributed by atoms with E-state index in [0.29, 0.717) is 11.6 Å². The van der Waals surface area contributed by atoms with Gasteiger partial charge in [-0.25, -0.2) is 0 Å². The summed E-state index contributed by atoms with van der Waals surface area (Å²) in [6, 6.07) is 4.80. The van der Waals surface area contributed by atoms with E-state index in [-0.39, 0.29) is 11.5 Å². The Kier molecular flexibility index (Phi) is 2.68. The fraction of sp³-hybridized carbons (Fsp3) is 0.111. The Labute approximate surface area is 89.9 Å². The molecule has 2 aromatic rings. The first-order valence-corrected chi connectivity index (χ1v) is 4.97. The molecular weight excluding hydrogens is 214 g/mol. The van der Waals surface area contributed by atoms with Gasteiger partial charge >= 0.3 is 0 Å². The molecule has 0 bridgehead atoms. The van der Waals surface area contributed by atoms with E-state index in [2.05, 4.69) is 14.6 Å². The van der Waals surface area contributed by atoms with E-state index in [1.165, 1.54) is 18.6 Å². The van der Waals surface area contributed by atoms with Crippen LogP contribution >= 0.6 is 11.5 Å². The molecule has 0 saturated heterocycles. The molecule has 0 aliphatic heterocycles. The van der Waals surface area contributed by atoms with Gasteiger partial charge in [0.1, 0.15) is 11.4 Å². The summed E-state index contributed by atoms with van der Waals surface area (Å²) in [7, 11) is 1.49. The average molecular weight is 221 g/mol. The molecule has 0 unspecified atom stereocenters. The number of ether oxygens (including phenoxy) is 1. The summed E-state index contributed by atoms with van der Waals surface area (Å²) < 4.78 is 8.77. The third-order valence-corrected chi connectivity index (χ3v) is 2.31. The van der Waals surface area contributed by atoms with Gasteiger partial charge in [0, 0.05) is 11.4 Å². The summed E-state index contributed by atoms with van der Waals surface area (Å²) in [5.41, 5.74) is 0.654. The van der Waals surface area contributed by atoms with Gasteiger partial charge in [-0.2, -0.15) is 4.37 Å². The first-order chi connectivity index (χ1) is 7.31. The number of hydrogen-bond acceptors (Lipinski definition) is 6. The highest BCUT2D eigenvalue weighted by Crippen LogP contribution is 2.09. The molecule has 0 saturated carbocycles. The smallest absolute Gasteiger partial charge is 0.233 e. The van der Waals surface area contributed by atoms with Gasteiger partial charge in [0.15, 0.2) is 0 Å². The van der Waals surface area contributed by atoms with Crippen molar-refractivity contribution in [2.75, 3.05) is 7.11 Å². The molecular formula is C9H7N3O2S. The van der Waals surface area contributed by atoms with Gasteiger partial charge in [0.2, 0.25) is 11.7 Å². The summed E-state index contributed by atoms with van der Waals surface area (Å²) in [5.74, 6) is 0.149. The highest BCUT2D eigenvalue weighted by Gasteiger charge is 2.12. The van der Waals surface area contributed by atoms with Gasteiger partial charge in [-0.3, -0.25) is 4.79 Å². The van der Waals surface area contributed by atoms with Crippen molar-refractivity contribution in [3.05, 3.63) is 35.0 Å². The van der Waals surface area contributed by atoms with E-state index >= 15 is 0 Å². The molecule has 0 atom stereocenters. The molecule has 0 N–H and O–H groups in total. The van der Waals surface area contributed by atoms with Crippen LogP contribution in [0.15, 0.2) is 23.6 Å². The molecule has 15 heavy (non-hydrogen) atoms. The van der Waals surface area contributed by atoms with Crippen LogP contribution in [0, 0.1) is 0 Å². The lowest BCUT2D eigenvalue weighted by molar-refractivity contribution is 0.102. The number of ketones is 1. The van der Waals surface area contributed by atoms with Crippen molar-refractivity contribution in [1.82, 2.24) is 14.6 Å². The third-order valence-electron chi connectivity index (χ3n) is 1.75. The second kappa shape index (κ2) is 4.14. The lowest BCUT2D eigenvalue weighted by Crippen LogP contribution is -2.05. The second-order valence-electron chi connectivity index (χ2n) is 2.67. The zero-order valence-corrected chi connectivity index (χ0v) is 8.69. The van der Waals surface area contributed by atoms with Crippen LogP contribution in [0.25, 0.3) is 0 Å². The molecule has 0 spiro atoms. The Morgan fingerprint density at radius 3 is 2.67 bits per heavy atom. The van der Waals surface area contributed by atoms with Crippen molar-refractivity contribution in [1.29, 1.82) is 0 Å². The van der Waals surface area contributed by atoms with E-state index in [1.807, 2.05) is 0 Å². The first kappa shape index (κ1) is 9.72. The van der Waals surface area contributed by atoms with Gasteiger partial charge < -0.3 is 4.74 Å². The Bertz CT molecular complexity index is 453. The van der Waals surface area contributed by atoms with Crippen LogP contribution in [0.2, 0.25) is 0 Å². The zero-order valence-electron chi connectivity index (χ0n) is 7.88. The number of carbonyl (C=O) groups is 1. The number of aromatic nitrogens is 3. The minimum atomic E-state index is -0.230. The van der Waals surface area contributed by atoms with Crippen molar-refractivity contribution in [2.45, 2.75) is 0 Å². The Morgan fingerprint density at radius 1 is 1.27 bits per heavy atom. The average Bonchev–Trinajstić information content (AvgIpc) is 2.82. The zero-order chi connectivity index (χ0) is 10.7. The Hall–Kier alpha value is -1.82. The quantitative estimate of drug-likeness (QED) is 0.728. The van der Waals surface area contributed by atoms with Crippen molar-refractivity contribution in [3.8, 4) is 5.88 Å². The third kappa shape index (κ3) is 1.99. The van der Waals surface area contributed by atoms with Gasteiger partial charge in [0.25, 0.3) is 0 Å². The molecule has 0 fully saturated rings. The normalized spacial score (nSPS) is 9.93. The van der Waals surface area contributed by atoms with Crippen LogP contribution in [0.4, 0.5) is 0 Å². The molecule has 6 heteroatoms. The van der Waals surface area contributed by atoms with Crippen LogP contribution < -0.4 is 4.74 Å². The second-order valence-corrected chi connectivity index (χ2v) is 3.34. The van der Waals surface area contributed by atoms with Gasteiger partial charge in [-0.1, -0.05) is 0 Å². The largest absolute Gasteiger partial charge is 0.480 e. The van der Waals surface area contributed by atoms with Crippen molar-refractivity contribution < 1.29 is 9.53 Å². The first-order valence-electron chi connectivity index (χ1n) is 4.14. The highest BCUT2D eigenvalue weighted by molar-refractivity contribution is 7.03. The van der Waals surface area contributed by atoms with Crippen molar-refractivity contribution >= 4 is 17.3 Å². The summed E-state index contributed by atoms with van der Waals surface area (Å²) in [6.45, 7) is 0. The predicted molar refractivity (Wildman–Crippen MR) is 54.1 cm³/mol. The lowest BCUT2D eigenvalue weighted by Gasteiger charge is -1.98. The van der Waals surface area contributed by atoms with Crippen LogP contribution in [-0.4, -0.2) is 27.5 Å². The molecule has 2 heterocycles. The standard InChI is InChI=1S/C9H7N3O2S/c1-14-8-3-2-6(10-11-8)9(13)7-4-5-15-12-7/h2-5H,1H3. The Balaban J connectivity index is 2.27. The number of nitrogens with zero attached hydrogens (tertiary/aromatic N) is 3. The number of methoxy groups -OCH3 is 1. The van der Waals surface area contributed by atoms with E-state index in [0.717, 1.165) is 0 Å². The minimum Gasteiger partial charge on any atom is -0.480 e. The van der Waals surface area contributed by atoms with E-state index in [9.17, 15) is 4.79 Å². The number of carbonyl (C=O) groups excluding carboxylic acids is 1. The van der Waals surface area contributed by atoms with Crippen LogP contribution in [-0.2, 0) is 0 Å². The molecule has 0 aliphatic rings. The molecule has 0 amide bonds. The molecule has 2 rings (SSSR count). The number of hydrogen-bond donors (Lipinski definition) is 0. The summed E-state index contributed by atoms with van der Waals surface area (Å²) in [6.07, 6.45) is 0. The molecule has 0 aromatic carbocycles. The minimum absolute atomic E-state index is 0.230. The maximum atomic E-state index is 11.7. The van der Waals surface area contributed by atoms with Crippen LogP contribution in [0.5, 0.6) is 5.88 Å².